The molecular formula is C14H11N3O2. The lowest BCUT2D eigenvalue weighted by Crippen LogP contribution is -1.87. The molecule has 0 radical (unpaired) electrons. The van der Waals surface area contributed by atoms with Gasteiger partial charge in [-0.3, -0.25) is 4.98 Å². The first kappa shape index (κ1) is 11.4. The molecule has 0 spiro atoms. The summed E-state index contributed by atoms with van der Waals surface area (Å²) in [4.78, 5) is 3.95. The highest BCUT2D eigenvalue weighted by Gasteiger charge is 2.13. The molecular weight excluding hydrogens is 242 g/mol. The smallest absolute Gasteiger partial charge is 0.251 e. The van der Waals surface area contributed by atoms with E-state index in [4.69, 9.17) is 9.15 Å². The molecule has 94 valence electrons. The highest BCUT2D eigenvalue weighted by Crippen LogP contribution is 2.30. The molecule has 0 aliphatic carbocycles. The van der Waals surface area contributed by atoms with Crippen molar-refractivity contribution in [2.75, 3.05) is 7.11 Å². The van der Waals surface area contributed by atoms with Crippen molar-refractivity contribution in [2.24, 2.45) is 0 Å². The van der Waals surface area contributed by atoms with Gasteiger partial charge in [-0.1, -0.05) is 12.1 Å². The monoisotopic (exact) mass is 253 g/mol. The van der Waals surface area contributed by atoms with E-state index in [0.29, 0.717) is 17.5 Å². The number of benzene rings is 1. The van der Waals surface area contributed by atoms with Crippen LogP contribution in [0.5, 0.6) is 5.75 Å². The minimum Gasteiger partial charge on any atom is -0.496 e. The predicted molar refractivity (Wildman–Crippen MR) is 69.5 cm³/mol. The molecule has 2 heterocycles. The molecule has 1 aromatic carbocycles. The molecule has 0 amide bonds. The van der Waals surface area contributed by atoms with Crippen LogP contribution in [0.1, 0.15) is 0 Å². The van der Waals surface area contributed by atoms with Gasteiger partial charge in [0.1, 0.15) is 5.75 Å². The van der Waals surface area contributed by atoms with Crippen molar-refractivity contribution >= 4 is 0 Å². The zero-order valence-electron chi connectivity index (χ0n) is 10.3. The Balaban J connectivity index is 2.02. The second-order valence-electron chi connectivity index (χ2n) is 3.85. The van der Waals surface area contributed by atoms with Gasteiger partial charge in [-0.05, 0) is 24.3 Å². The molecule has 3 rings (SSSR count). The first-order valence-corrected chi connectivity index (χ1v) is 5.76. The summed E-state index contributed by atoms with van der Waals surface area (Å²) in [6.07, 6.45) is 3.37. The number of hydrogen-bond acceptors (Lipinski definition) is 5. The van der Waals surface area contributed by atoms with Crippen LogP contribution in [0.2, 0.25) is 0 Å². The van der Waals surface area contributed by atoms with E-state index in [1.54, 1.807) is 19.5 Å². The summed E-state index contributed by atoms with van der Waals surface area (Å²) in [6.45, 7) is 0. The molecule has 2 aromatic heterocycles. The van der Waals surface area contributed by atoms with Gasteiger partial charge >= 0.3 is 0 Å². The van der Waals surface area contributed by atoms with Crippen LogP contribution in [0, 0.1) is 0 Å². The normalized spacial score (nSPS) is 10.4. The number of para-hydroxylation sites is 1. The van der Waals surface area contributed by atoms with E-state index in [1.165, 1.54) is 0 Å². The molecule has 3 aromatic rings. The largest absolute Gasteiger partial charge is 0.496 e. The molecule has 0 saturated carbocycles. The van der Waals surface area contributed by atoms with E-state index in [-0.39, 0.29) is 0 Å². The Hall–Kier alpha value is -2.69. The first-order valence-electron chi connectivity index (χ1n) is 5.76. The summed E-state index contributed by atoms with van der Waals surface area (Å²) in [7, 11) is 1.61. The maximum absolute atomic E-state index is 5.67. The van der Waals surface area contributed by atoms with Gasteiger partial charge in [-0.25, -0.2) is 0 Å². The third-order valence-corrected chi connectivity index (χ3v) is 2.69. The number of methoxy groups -OCH3 is 1. The standard InChI is InChI=1S/C14H11N3O2/c1-18-12-5-3-2-4-11(12)14-17-16-13(19-14)10-6-8-15-9-7-10/h2-9H,1H3. The number of pyridine rings is 1. The van der Waals surface area contributed by atoms with E-state index in [0.717, 1.165) is 11.1 Å². The van der Waals surface area contributed by atoms with Gasteiger partial charge in [0.05, 0.1) is 12.7 Å². The molecule has 0 N–H and O–H groups in total. The summed E-state index contributed by atoms with van der Waals surface area (Å²) < 4.78 is 10.9. The highest BCUT2D eigenvalue weighted by molar-refractivity contribution is 5.63. The van der Waals surface area contributed by atoms with Crippen molar-refractivity contribution in [2.45, 2.75) is 0 Å². The summed E-state index contributed by atoms with van der Waals surface area (Å²) >= 11 is 0. The summed E-state index contributed by atoms with van der Waals surface area (Å²) in [5.74, 6) is 1.60. The molecule has 5 nitrogen and oxygen atoms in total. The first-order chi connectivity index (χ1) is 9.38. The Morgan fingerprint density at radius 3 is 2.47 bits per heavy atom. The van der Waals surface area contributed by atoms with Gasteiger partial charge in [-0.2, -0.15) is 0 Å². The van der Waals surface area contributed by atoms with Crippen LogP contribution in [0.3, 0.4) is 0 Å². The number of nitrogens with zero attached hydrogens (tertiary/aromatic N) is 3. The molecule has 0 bridgehead atoms. The van der Waals surface area contributed by atoms with Crippen LogP contribution in [-0.4, -0.2) is 22.3 Å². The fourth-order valence-corrected chi connectivity index (χ4v) is 1.76. The number of hydrogen-bond donors (Lipinski definition) is 0. The topological polar surface area (TPSA) is 61.0 Å². The molecule has 0 fully saturated rings. The highest BCUT2D eigenvalue weighted by atomic mass is 16.5. The minimum atomic E-state index is 0.435. The van der Waals surface area contributed by atoms with E-state index >= 15 is 0 Å². The van der Waals surface area contributed by atoms with Crippen molar-refractivity contribution < 1.29 is 9.15 Å². The lowest BCUT2D eigenvalue weighted by molar-refractivity contribution is 0.414. The van der Waals surface area contributed by atoms with Crippen LogP contribution < -0.4 is 4.74 Å². The second-order valence-corrected chi connectivity index (χ2v) is 3.85. The second kappa shape index (κ2) is 4.89. The van der Waals surface area contributed by atoms with Gasteiger partial charge in [0.2, 0.25) is 5.89 Å². The Kier molecular flexibility index (Phi) is 2.94. The number of aromatic nitrogens is 3. The average Bonchev–Trinajstić information content (AvgIpc) is 2.98. The van der Waals surface area contributed by atoms with Crippen LogP contribution in [-0.2, 0) is 0 Å². The molecule has 5 heteroatoms. The van der Waals surface area contributed by atoms with Gasteiger partial charge < -0.3 is 9.15 Å². The number of ether oxygens (including phenoxy) is 1. The quantitative estimate of drug-likeness (QED) is 0.718. The van der Waals surface area contributed by atoms with Gasteiger partial charge in [0.15, 0.2) is 0 Å². The maximum Gasteiger partial charge on any atom is 0.251 e. The zero-order valence-corrected chi connectivity index (χ0v) is 10.3. The fraction of sp³-hybridized carbons (Fsp3) is 0.0714. The minimum absolute atomic E-state index is 0.435. The van der Waals surface area contributed by atoms with Crippen LogP contribution >= 0.6 is 0 Å². The number of rotatable bonds is 3. The third kappa shape index (κ3) is 2.18. The van der Waals surface area contributed by atoms with Crippen LogP contribution in [0.25, 0.3) is 22.9 Å². The molecule has 0 saturated heterocycles. The molecule has 0 aliphatic rings. The van der Waals surface area contributed by atoms with E-state index < -0.39 is 0 Å². The maximum atomic E-state index is 5.67. The lowest BCUT2D eigenvalue weighted by atomic mass is 10.2. The van der Waals surface area contributed by atoms with Gasteiger partial charge in [-0.15, -0.1) is 10.2 Å². The van der Waals surface area contributed by atoms with Crippen molar-refractivity contribution in [3.05, 3.63) is 48.8 Å². The Bertz CT molecular complexity index is 680. The van der Waals surface area contributed by atoms with Crippen molar-refractivity contribution in [3.8, 4) is 28.7 Å². The van der Waals surface area contributed by atoms with E-state index in [9.17, 15) is 0 Å². The lowest BCUT2D eigenvalue weighted by Gasteiger charge is -2.03. The van der Waals surface area contributed by atoms with Crippen molar-refractivity contribution in [1.29, 1.82) is 0 Å². The van der Waals surface area contributed by atoms with Gasteiger partial charge in [0, 0.05) is 18.0 Å². The average molecular weight is 253 g/mol. The van der Waals surface area contributed by atoms with Gasteiger partial charge in [0.25, 0.3) is 5.89 Å². The Labute approximate surface area is 109 Å². The predicted octanol–water partition coefficient (Wildman–Crippen LogP) is 2.81. The van der Waals surface area contributed by atoms with E-state index in [1.807, 2.05) is 36.4 Å². The van der Waals surface area contributed by atoms with E-state index in [2.05, 4.69) is 15.2 Å². The fourth-order valence-electron chi connectivity index (χ4n) is 1.76. The van der Waals surface area contributed by atoms with Crippen LogP contribution in [0.4, 0.5) is 0 Å². The Morgan fingerprint density at radius 1 is 0.947 bits per heavy atom. The summed E-state index contributed by atoms with van der Waals surface area (Å²) in [6, 6.07) is 11.2. The zero-order chi connectivity index (χ0) is 13.1. The van der Waals surface area contributed by atoms with Crippen LogP contribution in [0.15, 0.2) is 53.2 Å². The van der Waals surface area contributed by atoms with Crippen molar-refractivity contribution in [1.82, 2.24) is 15.2 Å². The molecule has 0 unspecified atom stereocenters. The SMILES string of the molecule is COc1ccccc1-c1nnc(-c2ccncc2)o1. The van der Waals surface area contributed by atoms with Crippen molar-refractivity contribution in [3.63, 3.8) is 0 Å². The third-order valence-electron chi connectivity index (χ3n) is 2.69. The molecule has 19 heavy (non-hydrogen) atoms. The Morgan fingerprint density at radius 2 is 1.68 bits per heavy atom. The summed E-state index contributed by atoms with van der Waals surface area (Å²) in [5.41, 5.74) is 1.61. The molecule has 0 atom stereocenters. The summed E-state index contributed by atoms with van der Waals surface area (Å²) in [5, 5.41) is 8.09. The molecule has 0 aliphatic heterocycles.